The van der Waals surface area contributed by atoms with Crippen LogP contribution in [0.15, 0.2) is 64.7 Å². The molecule has 0 spiro atoms. The minimum absolute atomic E-state index is 0.277. The molecule has 2 aromatic rings. The van der Waals surface area contributed by atoms with Crippen LogP contribution in [-0.2, 0) is 17.6 Å². The molecule has 31 heavy (non-hydrogen) atoms. The van der Waals surface area contributed by atoms with Gasteiger partial charge in [-0.3, -0.25) is 9.79 Å². The SMILES string of the molecule is CC1(Cc2ccccc2)CCCCCc2cccc(n2)NC2=NCC3=C2CN(C3)C1=O. The lowest BCUT2D eigenvalue weighted by Crippen LogP contribution is -2.43. The number of carbonyl (C=O) groups excluding carboxylic acids is 1. The molecule has 5 heteroatoms. The number of anilines is 1. The zero-order valence-corrected chi connectivity index (χ0v) is 18.2. The van der Waals surface area contributed by atoms with E-state index in [1.165, 1.54) is 16.7 Å². The van der Waals surface area contributed by atoms with E-state index in [0.717, 1.165) is 55.9 Å². The maximum Gasteiger partial charge on any atom is 0.229 e. The molecule has 3 aliphatic rings. The van der Waals surface area contributed by atoms with Crippen LogP contribution in [-0.4, -0.2) is 41.3 Å². The molecule has 160 valence electrons. The van der Waals surface area contributed by atoms with E-state index in [1.807, 2.05) is 17.0 Å². The molecule has 1 unspecified atom stereocenters. The van der Waals surface area contributed by atoms with Crippen LogP contribution in [0.2, 0.25) is 0 Å². The topological polar surface area (TPSA) is 57.6 Å². The number of nitrogens with one attached hydrogen (secondary N) is 1. The molecule has 5 rings (SSSR count). The van der Waals surface area contributed by atoms with Gasteiger partial charge in [-0.1, -0.05) is 56.2 Å². The molecule has 5 nitrogen and oxygen atoms in total. The number of hydrogen-bond acceptors (Lipinski definition) is 4. The summed E-state index contributed by atoms with van der Waals surface area (Å²) in [5.41, 5.74) is 4.41. The fourth-order valence-electron chi connectivity index (χ4n) is 5.11. The summed E-state index contributed by atoms with van der Waals surface area (Å²) in [6.07, 6.45) is 5.92. The second kappa shape index (κ2) is 8.29. The number of benzene rings is 1. The first-order valence-corrected chi connectivity index (χ1v) is 11.4. The fourth-order valence-corrected chi connectivity index (χ4v) is 5.11. The van der Waals surface area contributed by atoms with Crippen LogP contribution < -0.4 is 5.32 Å². The van der Waals surface area contributed by atoms with Crippen molar-refractivity contribution in [1.82, 2.24) is 9.88 Å². The Bertz CT molecular complexity index is 1040. The smallest absolute Gasteiger partial charge is 0.229 e. The van der Waals surface area contributed by atoms with Gasteiger partial charge in [0.1, 0.15) is 11.7 Å². The Balaban J connectivity index is 1.43. The van der Waals surface area contributed by atoms with Gasteiger partial charge in [-0.15, -0.1) is 0 Å². The first kappa shape index (κ1) is 20.0. The Morgan fingerprint density at radius 1 is 1.03 bits per heavy atom. The molecule has 1 N–H and O–H groups in total. The average molecular weight is 415 g/mol. The van der Waals surface area contributed by atoms with Gasteiger partial charge in [-0.25, -0.2) is 4.98 Å². The number of rotatable bonds is 2. The predicted octanol–water partition coefficient (Wildman–Crippen LogP) is 4.41. The average Bonchev–Trinajstić information content (AvgIpc) is 3.35. The summed E-state index contributed by atoms with van der Waals surface area (Å²) >= 11 is 0. The molecule has 0 saturated carbocycles. The highest BCUT2D eigenvalue weighted by Crippen LogP contribution is 2.35. The van der Waals surface area contributed by atoms with Gasteiger partial charge in [-0.05, 0) is 49.0 Å². The van der Waals surface area contributed by atoms with Crippen molar-refractivity contribution in [1.29, 1.82) is 0 Å². The Morgan fingerprint density at radius 3 is 2.77 bits per heavy atom. The summed E-state index contributed by atoms with van der Waals surface area (Å²) in [5.74, 6) is 2.01. The highest BCUT2D eigenvalue weighted by molar-refractivity contribution is 6.11. The normalized spacial score (nSPS) is 23.8. The van der Waals surface area contributed by atoms with E-state index in [-0.39, 0.29) is 11.3 Å². The molecule has 0 radical (unpaired) electrons. The number of amidine groups is 1. The Hall–Kier alpha value is -2.95. The Morgan fingerprint density at radius 2 is 1.90 bits per heavy atom. The molecule has 0 saturated heterocycles. The van der Waals surface area contributed by atoms with Crippen LogP contribution in [0.4, 0.5) is 5.82 Å². The number of carbonyl (C=O) groups is 1. The standard InChI is InChI=1S/C26H30N4O/c1-26(15-19-9-4-2-5-10-19)14-7-3-6-11-21-12-8-13-23(28-21)29-24-22-18-30(25(26)31)17-20(22)16-27-24/h2,4-5,8-10,12-13H,3,6-7,11,14-18H2,1H3,(H,27,28,29). The molecule has 1 atom stereocenters. The summed E-state index contributed by atoms with van der Waals surface area (Å²) < 4.78 is 0. The number of fused-ring (bicyclic) bond motifs is 3. The van der Waals surface area contributed by atoms with Crippen LogP contribution in [0.1, 0.15) is 43.9 Å². The third-order valence-corrected chi connectivity index (χ3v) is 6.83. The Labute approximate surface area is 184 Å². The van der Waals surface area contributed by atoms with E-state index in [9.17, 15) is 4.79 Å². The largest absolute Gasteiger partial charge is 0.334 e. The molecule has 1 amide bonds. The van der Waals surface area contributed by atoms with Gasteiger partial charge < -0.3 is 10.2 Å². The van der Waals surface area contributed by atoms with Crippen LogP contribution in [0.25, 0.3) is 0 Å². The second-order valence-electron chi connectivity index (χ2n) is 9.33. The third kappa shape index (κ3) is 4.14. The number of hydrogen-bond donors (Lipinski definition) is 1. The van der Waals surface area contributed by atoms with Crippen LogP contribution in [0, 0.1) is 5.41 Å². The molecule has 0 aliphatic carbocycles. The van der Waals surface area contributed by atoms with Crippen molar-refractivity contribution in [2.24, 2.45) is 10.4 Å². The van der Waals surface area contributed by atoms with E-state index in [1.54, 1.807) is 0 Å². The summed E-state index contributed by atoms with van der Waals surface area (Å²) in [6, 6.07) is 16.6. The number of nitrogens with zero attached hydrogens (tertiary/aromatic N) is 3. The van der Waals surface area contributed by atoms with Gasteiger partial charge in [-0.2, -0.15) is 0 Å². The van der Waals surface area contributed by atoms with Crippen molar-refractivity contribution in [3.05, 3.63) is 70.9 Å². The maximum atomic E-state index is 13.8. The van der Waals surface area contributed by atoms with Crippen LogP contribution in [0.5, 0.6) is 0 Å². The summed E-state index contributed by atoms with van der Waals surface area (Å²) in [5, 5.41) is 3.43. The highest BCUT2D eigenvalue weighted by atomic mass is 16.2. The summed E-state index contributed by atoms with van der Waals surface area (Å²) in [7, 11) is 0. The zero-order chi connectivity index (χ0) is 21.3. The lowest BCUT2D eigenvalue weighted by atomic mass is 9.77. The first-order valence-electron chi connectivity index (χ1n) is 11.4. The summed E-state index contributed by atoms with van der Waals surface area (Å²) in [4.78, 5) is 25.4. The molecule has 4 bridgehead atoms. The van der Waals surface area contributed by atoms with Gasteiger partial charge >= 0.3 is 0 Å². The Kier molecular flexibility index (Phi) is 5.34. The van der Waals surface area contributed by atoms with Crippen molar-refractivity contribution in [2.75, 3.05) is 25.0 Å². The highest BCUT2D eigenvalue weighted by Gasteiger charge is 2.40. The number of aromatic nitrogens is 1. The van der Waals surface area contributed by atoms with Crippen LogP contribution >= 0.6 is 0 Å². The van der Waals surface area contributed by atoms with Crippen molar-refractivity contribution in [2.45, 2.75) is 45.4 Å². The number of pyridine rings is 1. The molecule has 0 fully saturated rings. The molecule has 1 aromatic carbocycles. The summed E-state index contributed by atoms with van der Waals surface area (Å²) in [6.45, 7) is 4.18. The van der Waals surface area contributed by atoms with Gasteiger partial charge in [0.15, 0.2) is 0 Å². The zero-order valence-electron chi connectivity index (χ0n) is 18.2. The van der Waals surface area contributed by atoms with Gasteiger partial charge in [0, 0.05) is 24.4 Å². The van der Waals surface area contributed by atoms with Gasteiger partial charge in [0.25, 0.3) is 0 Å². The minimum Gasteiger partial charge on any atom is -0.334 e. The lowest BCUT2D eigenvalue weighted by molar-refractivity contribution is -0.140. The second-order valence-corrected chi connectivity index (χ2v) is 9.33. The van der Waals surface area contributed by atoms with Crippen molar-refractivity contribution < 1.29 is 4.79 Å². The minimum atomic E-state index is -0.387. The van der Waals surface area contributed by atoms with E-state index >= 15 is 0 Å². The first-order chi connectivity index (χ1) is 15.1. The monoisotopic (exact) mass is 414 g/mol. The van der Waals surface area contributed by atoms with Gasteiger partial charge in [0.2, 0.25) is 5.91 Å². The number of aliphatic imine (C=N–C) groups is 1. The molecule has 1 aromatic heterocycles. The molecule has 4 heterocycles. The van der Waals surface area contributed by atoms with Crippen molar-refractivity contribution in [3.8, 4) is 0 Å². The van der Waals surface area contributed by atoms with Crippen LogP contribution in [0.3, 0.4) is 0 Å². The number of amides is 1. The van der Waals surface area contributed by atoms with E-state index < -0.39 is 0 Å². The van der Waals surface area contributed by atoms with Crippen molar-refractivity contribution >= 4 is 17.6 Å². The third-order valence-electron chi connectivity index (χ3n) is 6.83. The quantitative estimate of drug-likeness (QED) is 0.792. The molecule has 3 aliphatic heterocycles. The molecular weight excluding hydrogens is 384 g/mol. The predicted molar refractivity (Wildman–Crippen MR) is 124 cm³/mol. The van der Waals surface area contributed by atoms with E-state index in [4.69, 9.17) is 9.98 Å². The van der Waals surface area contributed by atoms with E-state index in [0.29, 0.717) is 19.6 Å². The van der Waals surface area contributed by atoms with Gasteiger partial charge in [0.05, 0.1) is 12.0 Å². The maximum absolute atomic E-state index is 13.8. The fraction of sp³-hybridized carbons (Fsp3) is 0.423. The van der Waals surface area contributed by atoms with E-state index in [2.05, 4.69) is 48.6 Å². The lowest BCUT2D eigenvalue weighted by Gasteiger charge is -2.33. The molecular formula is C26H30N4O. The number of aryl methyl sites for hydroxylation is 1. The van der Waals surface area contributed by atoms with Crippen molar-refractivity contribution in [3.63, 3.8) is 0 Å².